The lowest BCUT2D eigenvalue weighted by molar-refractivity contribution is 0.0791. The molecule has 98 valence electrons. The second-order valence-electron chi connectivity index (χ2n) is 4.60. The maximum absolute atomic E-state index is 12.2. The molecule has 0 unspecified atom stereocenters. The molecule has 0 bridgehead atoms. The van der Waals surface area contributed by atoms with Crippen LogP contribution in [-0.2, 0) is 0 Å². The summed E-state index contributed by atoms with van der Waals surface area (Å²) < 4.78 is 1.54. The van der Waals surface area contributed by atoms with E-state index in [1.165, 1.54) is 6.33 Å². The molecule has 2 N–H and O–H groups in total. The standard InChI is InChI=1S/C12H14N6O/c13-10-5-6-17(7-10)12(19)9-1-3-11(4-2-9)18-8-14-15-16-18/h1-4,8,10H,5-7,13H2/t10-/m0/s1. The Bertz CT molecular complexity index is 564. The van der Waals surface area contributed by atoms with Crippen molar-refractivity contribution in [3.8, 4) is 5.69 Å². The average Bonchev–Trinajstić information content (AvgIpc) is 3.09. The lowest BCUT2D eigenvalue weighted by Gasteiger charge is -2.15. The molecule has 7 nitrogen and oxygen atoms in total. The van der Waals surface area contributed by atoms with Crippen molar-refractivity contribution in [3.63, 3.8) is 0 Å². The number of amides is 1. The molecule has 3 rings (SSSR count). The number of nitrogens with two attached hydrogens (primary N) is 1. The predicted molar refractivity (Wildman–Crippen MR) is 67.6 cm³/mol. The topological polar surface area (TPSA) is 89.9 Å². The Balaban J connectivity index is 1.77. The summed E-state index contributed by atoms with van der Waals surface area (Å²) in [4.78, 5) is 14.0. The van der Waals surface area contributed by atoms with E-state index in [1.54, 1.807) is 21.7 Å². The molecule has 1 aromatic heterocycles. The van der Waals surface area contributed by atoms with Gasteiger partial charge in [-0.15, -0.1) is 5.10 Å². The predicted octanol–water partition coefficient (Wildman–Crippen LogP) is -0.165. The van der Waals surface area contributed by atoms with Crippen LogP contribution in [0.25, 0.3) is 5.69 Å². The van der Waals surface area contributed by atoms with E-state index in [-0.39, 0.29) is 11.9 Å². The number of hydrogen-bond acceptors (Lipinski definition) is 5. The van der Waals surface area contributed by atoms with Gasteiger partial charge in [0.1, 0.15) is 6.33 Å². The number of nitrogens with zero attached hydrogens (tertiary/aromatic N) is 5. The number of aromatic nitrogens is 4. The summed E-state index contributed by atoms with van der Waals surface area (Å²) in [5.41, 5.74) is 7.29. The van der Waals surface area contributed by atoms with Gasteiger partial charge in [-0.3, -0.25) is 4.79 Å². The molecule has 1 fully saturated rings. The first kappa shape index (κ1) is 11.8. The molecule has 2 aromatic rings. The highest BCUT2D eigenvalue weighted by molar-refractivity contribution is 5.94. The lowest BCUT2D eigenvalue weighted by Crippen LogP contribution is -2.31. The molecular weight excluding hydrogens is 244 g/mol. The van der Waals surface area contributed by atoms with Crippen LogP contribution in [-0.4, -0.2) is 50.1 Å². The summed E-state index contributed by atoms with van der Waals surface area (Å²) in [6, 6.07) is 7.30. The molecule has 0 radical (unpaired) electrons. The highest BCUT2D eigenvalue weighted by atomic mass is 16.2. The van der Waals surface area contributed by atoms with Crippen LogP contribution in [0.5, 0.6) is 0 Å². The largest absolute Gasteiger partial charge is 0.337 e. The van der Waals surface area contributed by atoms with Crippen molar-refractivity contribution in [3.05, 3.63) is 36.2 Å². The molecule has 1 aliphatic heterocycles. The van der Waals surface area contributed by atoms with E-state index in [0.29, 0.717) is 12.1 Å². The molecule has 1 saturated heterocycles. The van der Waals surface area contributed by atoms with Crippen LogP contribution in [0.2, 0.25) is 0 Å². The van der Waals surface area contributed by atoms with Gasteiger partial charge in [-0.05, 0) is 41.1 Å². The molecule has 1 aromatic carbocycles. The summed E-state index contributed by atoms with van der Waals surface area (Å²) in [5, 5.41) is 10.9. The number of tetrazole rings is 1. The van der Waals surface area contributed by atoms with Crippen LogP contribution in [0, 0.1) is 0 Å². The molecular formula is C12H14N6O. The second kappa shape index (κ2) is 4.77. The van der Waals surface area contributed by atoms with Crippen LogP contribution < -0.4 is 5.73 Å². The van der Waals surface area contributed by atoms with Gasteiger partial charge in [0.2, 0.25) is 0 Å². The molecule has 1 atom stereocenters. The van der Waals surface area contributed by atoms with Gasteiger partial charge >= 0.3 is 0 Å². The molecule has 0 saturated carbocycles. The van der Waals surface area contributed by atoms with Crippen molar-refractivity contribution >= 4 is 5.91 Å². The van der Waals surface area contributed by atoms with Crippen molar-refractivity contribution in [2.75, 3.05) is 13.1 Å². The molecule has 19 heavy (non-hydrogen) atoms. The van der Waals surface area contributed by atoms with E-state index in [4.69, 9.17) is 5.73 Å². The van der Waals surface area contributed by atoms with Gasteiger partial charge in [-0.1, -0.05) is 0 Å². The van der Waals surface area contributed by atoms with Crippen LogP contribution in [0.15, 0.2) is 30.6 Å². The summed E-state index contributed by atoms with van der Waals surface area (Å²) >= 11 is 0. The minimum Gasteiger partial charge on any atom is -0.337 e. The first-order valence-corrected chi connectivity index (χ1v) is 6.12. The molecule has 2 heterocycles. The van der Waals surface area contributed by atoms with Gasteiger partial charge in [-0.25, -0.2) is 4.68 Å². The van der Waals surface area contributed by atoms with Crippen molar-refractivity contribution in [2.45, 2.75) is 12.5 Å². The van der Waals surface area contributed by atoms with E-state index < -0.39 is 0 Å². The number of carbonyl (C=O) groups is 1. The zero-order valence-electron chi connectivity index (χ0n) is 10.3. The van der Waals surface area contributed by atoms with Crippen LogP contribution in [0.4, 0.5) is 0 Å². The van der Waals surface area contributed by atoms with Crippen molar-refractivity contribution < 1.29 is 4.79 Å². The first-order chi connectivity index (χ1) is 9.24. The Morgan fingerprint density at radius 1 is 1.32 bits per heavy atom. The van der Waals surface area contributed by atoms with E-state index in [9.17, 15) is 4.79 Å². The Kier molecular flexibility index (Phi) is 2.96. The van der Waals surface area contributed by atoms with Gasteiger partial charge in [0, 0.05) is 24.7 Å². The highest BCUT2D eigenvalue weighted by Gasteiger charge is 2.24. The van der Waals surface area contributed by atoms with E-state index >= 15 is 0 Å². The molecule has 0 spiro atoms. The van der Waals surface area contributed by atoms with Crippen molar-refractivity contribution in [2.24, 2.45) is 5.73 Å². The smallest absolute Gasteiger partial charge is 0.253 e. The number of benzene rings is 1. The molecule has 1 aliphatic rings. The molecule has 1 amide bonds. The van der Waals surface area contributed by atoms with Gasteiger partial charge in [0.25, 0.3) is 5.91 Å². The number of likely N-dealkylation sites (tertiary alicyclic amines) is 1. The monoisotopic (exact) mass is 258 g/mol. The zero-order valence-corrected chi connectivity index (χ0v) is 10.3. The first-order valence-electron chi connectivity index (χ1n) is 6.12. The summed E-state index contributed by atoms with van der Waals surface area (Å²) in [6.07, 6.45) is 2.38. The van der Waals surface area contributed by atoms with Gasteiger partial charge in [-0.2, -0.15) is 0 Å². The third-order valence-electron chi connectivity index (χ3n) is 3.24. The summed E-state index contributed by atoms with van der Waals surface area (Å²) in [5.74, 6) is 0.0243. The van der Waals surface area contributed by atoms with Gasteiger partial charge in [0.15, 0.2) is 0 Å². The third-order valence-corrected chi connectivity index (χ3v) is 3.24. The highest BCUT2D eigenvalue weighted by Crippen LogP contribution is 2.14. The maximum Gasteiger partial charge on any atom is 0.253 e. The van der Waals surface area contributed by atoms with Crippen molar-refractivity contribution in [1.29, 1.82) is 0 Å². The van der Waals surface area contributed by atoms with Crippen molar-refractivity contribution in [1.82, 2.24) is 25.1 Å². The second-order valence-corrected chi connectivity index (χ2v) is 4.60. The van der Waals surface area contributed by atoms with Gasteiger partial charge < -0.3 is 10.6 Å². The fraction of sp³-hybridized carbons (Fsp3) is 0.333. The Morgan fingerprint density at radius 2 is 2.11 bits per heavy atom. The number of rotatable bonds is 2. The Hall–Kier alpha value is -2.28. The zero-order chi connectivity index (χ0) is 13.2. The summed E-state index contributed by atoms with van der Waals surface area (Å²) in [6.45, 7) is 1.36. The Morgan fingerprint density at radius 3 is 2.68 bits per heavy atom. The minimum atomic E-state index is 0.0243. The van der Waals surface area contributed by atoms with Crippen LogP contribution in [0.3, 0.4) is 0 Å². The number of carbonyl (C=O) groups excluding carboxylic acids is 1. The third kappa shape index (κ3) is 2.32. The number of hydrogen-bond donors (Lipinski definition) is 1. The van der Waals surface area contributed by atoms with E-state index in [2.05, 4.69) is 15.5 Å². The van der Waals surface area contributed by atoms with Crippen LogP contribution >= 0.6 is 0 Å². The maximum atomic E-state index is 12.2. The summed E-state index contributed by atoms with van der Waals surface area (Å²) in [7, 11) is 0. The Labute approximate surface area is 110 Å². The normalized spacial score (nSPS) is 18.8. The molecule has 0 aliphatic carbocycles. The molecule has 7 heteroatoms. The van der Waals surface area contributed by atoms with E-state index in [1.807, 2.05) is 12.1 Å². The average molecular weight is 258 g/mol. The fourth-order valence-corrected chi connectivity index (χ4v) is 2.19. The lowest BCUT2D eigenvalue weighted by atomic mass is 10.2. The SMILES string of the molecule is N[C@H]1CCN(C(=O)c2ccc(-n3cnnn3)cc2)C1. The minimum absolute atomic E-state index is 0.0243. The fourth-order valence-electron chi connectivity index (χ4n) is 2.19. The van der Waals surface area contributed by atoms with E-state index in [0.717, 1.165) is 18.7 Å². The van der Waals surface area contributed by atoms with Crippen LogP contribution in [0.1, 0.15) is 16.8 Å². The van der Waals surface area contributed by atoms with Gasteiger partial charge in [0.05, 0.1) is 5.69 Å². The quantitative estimate of drug-likeness (QED) is 0.808.